The van der Waals surface area contributed by atoms with Gasteiger partial charge in [0, 0.05) is 25.2 Å². The Bertz CT molecular complexity index is 1690. The summed E-state index contributed by atoms with van der Waals surface area (Å²) in [6.07, 6.45) is 4.66. The second kappa shape index (κ2) is 15.6. The first-order chi connectivity index (χ1) is 21.8. The van der Waals surface area contributed by atoms with E-state index in [1.807, 2.05) is 49.4 Å². The summed E-state index contributed by atoms with van der Waals surface area (Å²) in [7, 11) is 4.82. The maximum absolute atomic E-state index is 13.6. The Morgan fingerprint density at radius 1 is 0.978 bits per heavy atom. The number of nitrogens with one attached hydrogen (secondary N) is 1. The van der Waals surface area contributed by atoms with Gasteiger partial charge in [-0.1, -0.05) is 55.5 Å². The number of aromatic nitrogens is 1. The first-order valence-corrected chi connectivity index (χ1v) is 16.0. The summed E-state index contributed by atoms with van der Waals surface area (Å²) in [6, 6.07) is 15.6. The number of rotatable bonds is 14. The third-order valence-corrected chi connectivity index (χ3v) is 9.07. The fourth-order valence-corrected chi connectivity index (χ4v) is 6.39. The van der Waals surface area contributed by atoms with Crippen molar-refractivity contribution in [1.82, 2.24) is 9.47 Å². The number of carbonyl (C=O) groups is 1. The summed E-state index contributed by atoms with van der Waals surface area (Å²) in [5.74, 6) is 2.44. The van der Waals surface area contributed by atoms with Crippen LogP contribution in [0.4, 0.5) is 5.82 Å². The maximum atomic E-state index is 13.6. The van der Waals surface area contributed by atoms with Crippen LogP contribution in [0.3, 0.4) is 0 Å². The van der Waals surface area contributed by atoms with Crippen molar-refractivity contribution in [1.29, 1.82) is 5.26 Å². The lowest BCUT2D eigenvalue weighted by Crippen LogP contribution is -2.30. The molecule has 0 atom stereocenters. The quantitative estimate of drug-likeness (QED) is 0.168. The van der Waals surface area contributed by atoms with E-state index in [-0.39, 0.29) is 17.0 Å². The molecule has 0 radical (unpaired) electrons. The van der Waals surface area contributed by atoms with Crippen LogP contribution < -0.4 is 25.1 Å². The van der Waals surface area contributed by atoms with E-state index < -0.39 is 0 Å². The highest BCUT2D eigenvalue weighted by Crippen LogP contribution is 2.35. The van der Waals surface area contributed by atoms with Gasteiger partial charge in [0.1, 0.15) is 27.5 Å². The van der Waals surface area contributed by atoms with Crippen molar-refractivity contribution >= 4 is 46.1 Å². The third kappa shape index (κ3) is 7.70. The number of anilines is 1. The molecule has 0 aliphatic carbocycles. The van der Waals surface area contributed by atoms with E-state index in [9.17, 15) is 14.9 Å². The summed E-state index contributed by atoms with van der Waals surface area (Å²) in [5, 5.41) is 13.4. The number of nitrogens with zero attached hydrogens (tertiary/aromatic N) is 3. The SMILES string of the molecule is CCCCn1c(NCCc2ccc(OC)c(OC)c2)c(/C=C2/SC(=S)N(CCc3ccc(OC)cc3)C2=O)c(C)c(C#N)c1=O. The number of methoxy groups -OCH3 is 3. The number of unbranched alkanes of at least 4 members (excludes halogenated alkanes) is 1. The van der Waals surface area contributed by atoms with E-state index in [4.69, 9.17) is 26.4 Å². The molecular formula is C34H38N4O5S2. The summed E-state index contributed by atoms with van der Waals surface area (Å²) >= 11 is 6.84. The lowest BCUT2D eigenvalue weighted by molar-refractivity contribution is -0.122. The molecule has 45 heavy (non-hydrogen) atoms. The molecule has 0 saturated carbocycles. The number of ether oxygens (including phenoxy) is 3. The second-order valence-electron chi connectivity index (χ2n) is 10.5. The van der Waals surface area contributed by atoms with Crippen molar-refractivity contribution in [3.05, 3.63) is 85.5 Å². The standard InChI is InChI=1S/C34H38N4O5S2/c1-6-7-17-37-31(36-16-14-24-10-13-28(42-4)29(19-24)43-5)26(22(2)27(21-35)32(37)39)20-30-33(40)38(34(44)45-30)18-15-23-8-11-25(41-3)12-9-23/h8-13,19-20,36H,6-7,14-18H2,1-5H3/b30-20+. The summed E-state index contributed by atoms with van der Waals surface area (Å²) < 4.78 is 18.1. The van der Waals surface area contributed by atoms with E-state index in [0.717, 1.165) is 29.7 Å². The number of carbonyl (C=O) groups excluding carboxylic acids is 1. The van der Waals surface area contributed by atoms with Gasteiger partial charge in [-0.15, -0.1) is 0 Å². The van der Waals surface area contributed by atoms with E-state index in [1.165, 1.54) is 11.8 Å². The van der Waals surface area contributed by atoms with Gasteiger partial charge in [0.25, 0.3) is 11.5 Å². The second-order valence-corrected chi connectivity index (χ2v) is 12.2. The molecule has 9 nitrogen and oxygen atoms in total. The topological polar surface area (TPSA) is 106 Å². The van der Waals surface area contributed by atoms with Crippen molar-refractivity contribution in [3.63, 3.8) is 0 Å². The number of hydrogen-bond donors (Lipinski definition) is 1. The normalized spacial score (nSPS) is 13.7. The van der Waals surface area contributed by atoms with E-state index in [1.54, 1.807) is 43.8 Å². The number of benzene rings is 2. The Labute approximate surface area is 273 Å². The van der Waals surface area contributed by atoms with Crippen LogP contribution in [0.5, 0.6) is 17.2 Å². The zero-order valence-corrected chi connectivity index (χ0v) is 27.9. The lowest BCUT2D eigenvalue weighted by atomic mass is 10.0. The van der Waals surface area contributed by atoms with Gasteiger partial charge in [-0.3, -0.25) is 19.1 Å². The highest BCUT2D eigenvalue weighted by atomic mass is 32.2. The predicted octanol–water partition coefficient (Wildman–Crippen LogP) is 5.95. The van der Waals surface area contributed by atoms with Gasteiger partial charge in [-0.2, -0.15) is 5.26 Å². The van der Waals surface area contributed by atoms with Gasteiger partial charge in [-0.05, 0) is 73.2 Å². The Hall–Kier alpha value is -4.27. The Balaban J connectivity index is 1.65. The molecule has 236 valence electrons. The fraction of sp³-hybridized carbons (Fsp3) is 0.353. The number of thioether (sulfide) groups is 1. The molecule has 1 aliphatic rings. The Kier molecular flexibility index (Phi) is 11.7. The molecular weight excluding hydrogens is 609 g/mol. The highest BCUT2D eigenvalue weighted by Gasteiger charge is 2.32. The highest BCUT2D eigenvalue weighted by molar-refractivity contribution is 8.26. The minimum atomic E-state index is -0.346. The van der Waals surface area contributed by atoms with Crippen LogP contribution in [0.25, 0.3) is 6.08 Å². The van der Waals surface area contributed by atoms with E-state index in [0.29, 0.717) is 70.1 Å². The van der Waals surface area contributed by atoms with Gasteiger partial charge in [0.15, 0.2) is 11.5 Å². The Morgan fingerprint density at radius 2 is 1.69 bits per heavy atom. The van der Waals surface area contributed by atoms with Crippen LogP contribution in [-0.4, -0.2) is 54.1 Å². The van der Waals surface area contributed by atoms with Crippen molar-refractivity contribution < 1.29 is 19.0 Å². The molecule has 2 heterocycles. The lowest BCUT2D eigenvalue weighted by Gasteiger charge is -2.20. The van der Waals surface area contributed by atoms with Crippen LogP contribution in [0.1, 0.15) is 47.6 Å². The number of thiocarbonyl (C=S) groups is 1. The maximum Gasteiger partial charge on any atom is 0.270 e. The molecule has 1 fully saturated rings. The third-order valence-electron chi connectivity index (χ3n) is 7.70. The summed E-state index contributed by atoms with van der Waals surface area (Å²) in [5.41, 5.74) is 2.95. The molecule has 1 saturated heterocycles. The average molecular weight is 647 g/mol. The molecule has 1 aliphatic heterocycles. The van der Waals surface area contributed by atoms with Gasteiger partial charge in [-0.25, -0.2) is 0 Å². The van der Waals surface area contributed by atoms with Crippen LogP contribution >= 0.6 is 24.0 Å². The van der Waals surface area contributed by atoms with Crippen molar-refractivity contribution in [2.45, 2.75) is 46.1 Å². The fourth-order valence-electron chi connectivity index (χ4n) is 5.10. The molecule has 3 aromatic rings. The molecule has 0 spiro atoms. The van der Waals surface area contributed by atoms with E-state index >= 15 is 0 Å². The smallest absolute Gasteiger partial charge is 0.270 e. The van der Waals surface area contributed by atoms with Crippen molar-refractivity contribution in [2.75, 3.05) is 39.7 Å². The largest absolute Gasteiger partial charge is 0.497 e. The van der Waals surface area contributed by atoms with Crippen molar-refractivity contribution in [3.8, 4) is 23.3 Å². The van der Waals surface area contributed by atoms with Crippen LogP contribution in [-0.2, 0) is 24.2 Å². The average Bonchev–Trinajstić information content (AvgIpc) is 3.32. The van der Waals surface area contributed by atoms with Crippen LogP contribution in [0.2, 0.25) is 0 Å². The van der Waals surface area contributed by atoms with Gasteiger partial charge >= 0.3 is 0 Å². The van der Waals surface area contributed by atoms with E-state index in [2.05, 4.69) is 11.4 Å². The minimum absolute atomic E-state index is 0.0674. The van der Waals surface area contributed by atoms with Gasteiger partial charge < -0.3 is 19.5 Å². The van der Waals surface area contributed by atoms with Gasteiger partial charge in [0.2, 0.25) is 0 Å². The zero-order valence-electron chi connectivity index (χ0n) is 26.3. The first-order valence-electron chi connectivity index (χ1n) is 14.8. The molecule has 4 rings (SSSR count). The summed E-state index contributed by atoms with van der Waals surface area (Å²) in [6.45, 7) is 5.17. The summed E-state index contributed by atoms with van der Waals surface area (Å²) in [4.78, 5) is 29.2. The Morgan fingerprint density at radius 3 is 2.33 bits per heavy atom. The molecule has 1 aromatic heterocycles. The molecule has 0 bridgehead atoms. The number of hydrogen-bond acceptors (Lipinski definition) is 9. The molecule has 2 aromatic carbocycles. The molecule has 1 N–H and O–H groups in total. The first kappa shape index (κ1) is 33.6. The molecule has 11 heteroatoms. The van der Waals surface area contributed by atoms with Crippen molar-refractivity contribution in [2.24, 2.45) is 0 Å². The monoisotopic (exact) mass is 646 g/mol. The number of amides is 1. The molecule has 0 unspecified atom stereocenters. The zero-order chi connectivity index (χ0) is 32.5. The predicted molar refractivity (Wildman–Crippen MR) is 183 cm³/mol. The van der Waals surface area contributed by atoms with Crippen LogP contribution in [0, 0.1) is 18.3 Å². The van der Waals surface area contributed by atoms with Gasteiger partial charge in [0.05, 0.1) is 26.2 Å². The molecule has 1 amide bonds. The minimum Gasteiger partial charge on any atom is -0.497 e. The number of pyridine rings is 1. The number of nitriles is 1. The van der Waals surface area contributed by atoms with Crippen LogP contribution in [0.15, 0.2) is 52.2 Å².